The summed E-state index contributed by atoms with van der Waals surface area (Å²) in [6, 6.07) is 8.35. The van der Waals surface area contributed by atoms with Gasteiger partial charge in [0.15, 0.2) is 23.7 Å². The highest BCUT2D eigenvalue weighted by Gasteiger charge is 2.53. The summed E-state index contributed by atoms with van der Waals surface area (Å²) in [6.45, 7) is 7.76. The van der Waals surface area contributed by atoms with Crippen LogP contribution in [-0.4, -0.2) is 68.0 Å². The molecule has 0 bridgehead atoms. The molecule has 47 heavy (non-hydrogen) atoms. The fraction of sp³-hybridized carbons (Fsp3) is 0.424. The van der Waals surface area contributed by atoms with E-state index in [0.717, 1.165) is 20.8 Å². The van der Waals surface area contributed by atoms with Crippen LogP contribution in [-0.2, 0) is 49.3 Å². The van der Waals surface area contributed by atoms with Crippen LogP contribution in [0.1, 0.15) is 45.9 Å². The smallest absolute Gasteiger partial charge is 0.303 e. The Labute approximate surface area is 268 Å². The maximum absolute atomic E-state index is 13.8. The molecule has 14 nitrogen and oxygen atoms in total. The molecule has 0 spiro atoms. The minimum Gasteiger partial charge on any atom is -0.463 e. The molecule has 14 heteroatoms. The fourth-order valence-corrected chi connectivity index (χ4v) is 5.56. The first-order valence-corrected chi connectivity index (χ1v) is 14.8. The number of fused-ring (bicyclic) bond motifs is 2. The van der Waals surface area contributed by atoms with Crippen LogP contribution in [0.15, 0.2) is 39.5 Å². The van der Waals surface area contributed by atoms with Crippen molar-refractivity contribution in [1.82, 2.24) is 0 Å². The van der Waals surface area contributed by atoms with Crippen molar-refractivity contribution < 1.29 is 61.5 Å². The number of hydrogen-bond donors (Lipinski definition) is 0. The van der Waals surface area contributed by atoms with Crippen molar-refractivity contribution in [2.24, 2.45) is 0 Å². The summed E-state index contributed by atoms with van der Waals surface area (Å²) in [5, 5.41) is 0.286. The van der Waals surface area contributed by atoms with Crippen LogP contribution >= 0.6 is 0 Å². The molecular formula is C33H34O14. The molecule has 2 aliphatic rings. The Kier molecular flexibility index (Phi) is 9.70. The summed E-state index contributed by atoms with van der Waals surface area (Å²) >= 11 is 0. The van der Waals surface area contributed by atoms with Gasteiger partial charge in [-0.25, -0.2) is 0 Å². The van der Waals surface area contributed by atoms with Gasteiger partial charge in [-0.05, 0) is 42.7 Å². The van der Waals surface area contributed by atoms with E-state index in [9.17, 15) is 24.0 Å². The van der Waals surface area contributed by atoms with E-state index in [1.54, 1.807) is 31.2 Å². The van der Waals surface area contributed by atoms with Crippen LogP contribution in [0.4, 0.5) is 0 Å². The van der Waals surface area contributed by atoms with Crippen molar-refractivity contribution >= 4 is 34.8 Å². The summed E-state index contributed by atoms with van der Waals surface area (Å²) in [6.07, 6.45) is -6.44. The number of rotatable bonds is 9. The molecule has 1 fully saturated rings. The lowest BCUT2D eigenvalue weighted by Crippen LogP contribution is -2.63. The maximum atomic E-state index is 13.8. The molecule has 0 aliphatic carbocycles. The van der Waals surface area contributed by atoms with E-state index in [4.69, 9.17) is 42.3 Å². The number of ether oxygens (including phenoxy) is 8. The van der Waals surface area contributed by atoms with Crippen LogP contribution in [0, 0.1) is 6.92 Å². The third-order valence-corrected chi connectivity index (χ3v) is 7.48. The second-order valence-electron chi connectivity index (χ2n) is 10.9. The molecule has 0 N–H and O–H groups in total. The predicted molar refractivity (Wildman–Crippen MR) is 161 cm³/mol. The number of hydrogen-bond acceptors (Lipinski definition) is 14. The van der Waals surface area contributed by atoms with Gasteiger partial charge in [0.05, 0.1) is 10.9 Å². The Balaban J connectivity index is 1.56. The van der Waals surface area contributed by atoms with E-state index in [-0.39, 0.29) is 28.9 Å². The molecule has 0 saturated carbocycles. The first kappa shape index (κ1) is 33.3. The van der Waals surface area contributed by atoms with Crippen molar-refractivity contribution in [3.8, 4) is 28.4 Å². The maximum Gasteiger partial charge on any atom is 0.303 e. The number of carbonyl (C=O) groups excluding carboxylic acids is 4. The molecule has 1 aromatic heterocycles. The predicted octanol–water partition coefficient (Wildman–Crippen LogP) is 3.52. The number of aryl methyl sites for hydroxylation is 2. The average molecular weight is 655 g/mol. The van der Waals surface area contributed by atoms with Crippen molar-refractivity contribution in [2.75, 3.05) is 13.4 Å². The van der Waals surface area contributed by atoms with Gasteiger partial charge in [0, 0.05) is 33.8 Å². The number of benzene rings is 2. The SMILES string of the molecule is CCc1cc2c(=O)c(-c3ccc4c(c3)OCO4)c(C)oc2cc1O[C@@H]1O[C@@H](COC(C)=O)[C@@H](OC(C)=O)[C@@H](OC(C)=O)[C@@H]1OC(C)=O. The van der Waals surface area contributed by atoms with Crippen LogP contribution < -0.4 is 19.6 Å². The molecule has 3 heterocycles. The van der Waals surface area contributed by atoms with Crippen LogP contribution in [0.3, 0.4) is 0 Å². The Morgan fingerprint density at radius 2 is 1.49 bits per heavy atom. The van der Waals surface area contributed by atoms with E-state index in [1.165, 1.54) is 13.0 Å². The zero-order valence-corrected chi connectivity index (χ0v) is 26.6. The van der Waals surface area contributed by atoms with E-state index < -0.39 is 61.2 Å². The largest absolute Gasteiger partial charge is 0.463 e. The minimum atomic E-state index is -1.46. The van der Waals surface area contributed by atoms with Crippen LogP contribution in [0.2, 0.25) is 0 Å². The summed E-state index contributed by atoms with van der Waals surface area (Å²) in [4.78, 5) is 62.0. The molecule has 250 valence electrons. The summed E-state index contributed by atoms with van der Waals surface area (Å²) in [7, 11) is 0. The second-order valence-corrected chi connectivity index (χ2v) is 10.9. The van der Waals surface area contributed by atoms with E-state index in [2.05, 4.69) is 0 Å². The fourth-order valence-electron chi connectivity index (χ4n) is 5.56. The molecule has 0 amide bonds. The first-order valence-electron chi connectivity index (χ1n) is 14.8. The number of carbonyl (C=O) groups is 4. The average Bonchev–Trinajstić information content (AvgIpc) is 3.46. The molecule has 1 saturated heterocycles. The Hall–Kier alpha value is -5.11. The lowest BCUT2D eigenvalue weighted by atomic mass is 9.97. The van der Waals surface area contributed by atoms with Gasteiger partial charge in [-0.1, -0.05) is 13.0 Å². The van der Waals surface area contributed by atoms with Gasteiger partial charge in [-0.15, -0.1) is 0 Å². The van der Waals surface area contributed by atoms with Gasteiger partial charge in [0.2, 0.25) is 24.6 Å². The van der Waals surface area contributed by atoms with Crippen molar-refractivity contribution in [3.63, 3.8) is 0 Å². The van der Waals surface area contributed by atoms with Crippen molar-refractivity contribution in [1.29, 1.82) is 0 Å². The zero-order chi connectivity index (χ0) is 34.0. The molecule has 0 unspecified atom stereocenters. The molecule has 5 atom stereocenters. The quantitative estimate of drug-likeness (QED) is 0.242. The summed E-state index contributed by atoms with van der Waals surface area (Å²) < 4.78 is 50.9. The molecule has 0 radical (unpaired) electrons. The van der Waals surface area contributed by atoms with Gasteiger partial charge >= 0.3 is 23.9 Å². The van der Waals surface area contributed by atoms with Crippen molar-refractivity contribution in [2.45, 2.75) is 78.7 Å². The highest BCUT2D eigenvalue weighted by atomic mass is 16.7. The van der Waals surface area contributed by atoms with Gasteiger partial charge in [-0.2, -0.15) is 0 Å². The molecule has 2 aromatic carbocycles. The van der Waals surface area contributed by atoms with E-state index in [1.807, 2.05) is 6.92 Å². The van der Waals surface area contributed by atoms with Gasteiger partial charge in [0.25, 0.3) is 0 Å². The Bertz CT molecular complexity index is 1780. The molecule has 5 rings (SSSR count). The van der Waals surface area contributed by atoms with E-state index >= 15 is 0 Å². The Morgan fingerprint density at radius 3 is 2.15 bits per heavy atom. The van der Waals surface area contributed by atoms with Gasteiger partial charge in [0.1, 0.15) is 29.8 Å². The monoisotopic (exact) mass is 654 g/mol. The van der Waals surface area contributed by atoms with Gasteiger partial charge in [-0.3, -0.25) is 24.0 Å². The third kappa shape index (κ3) is 7.17. The number of esters is 4. The lowest BCUT2D eigenvalue weighted by molar-refractivity contribution is -0.288. The molecular weight excluding hydrogens is 620 g/mol. The highest BCUT2D eigenvalue weighted by molar-refractivity contribution is 5.85. The lowest BCUT2D eigenvalue weighted by Gasteiger charge is -2.44. The van der Waals surface area contributed by atoms with Crippen molar-refractivity contribution in [3.05, 3.63) is 51.9 Å². The van der Waals surface area contributed by atoms with Crippen LogP contribution in [0.5, 0.6) is 17.2 Å². The standard InChI is InChI=1S/C33H34O14/c1-7-20-10-22-25(42-15(2)28(29(22)38)21-8-9-23-26(11-21)41-14-40-23)12-24(20)46-33-32(45-19(6)37)31(44-18(5)36)30(43-17(4)35)27(47-33)13-39-16(3)34/h8-12,27,30-33H,7,13-14H2,1-6H3/t27-,30+,31+,32-,33+/m0/s1. The minimum absolute atomic E-state index is 0.0896. The third-order valence-electron chi connectivity index (χ3n) is 7.48. The Morgan fingerprint density at radius 1 is 0.830 bits per heavy atom. The summed E-state index contributed by atoms with van der Waals surface area (Å²) in [5.74, 6) is -1.30. The topological polar surface area (TPSA) is 172 Å². The second kappa shape index (κ2) is 13.7. The van der Waals surface area contributed by atoms with Gasteiger partial charge < -0.3 is 42.3 Å². The van der Waals surface area contributed by atoms with Crippen LogP contribution in [0.25, 0.3) is 22.1 Å². The van der Waals surface area contributed by atoms with E-state index in [0.29, 0.717) is 40.4 Å². The molecule has 2 aliphatic heterocycles. The zero-order valence-electron chi connectivity index (χ0n) is 26.6. The first-order chi connectivity index (χ1) is 22.4. The molecule has 3 aromatic rings. The summed E-state index contributed by atoms with van der Waals surface area (Å²) in [5.41, 5.74) is 1.44. The highest BCUT2D eigenvalue weighted by Crippen LogP contribution is 2.38. The normalized spacial score (nSPS) is 21.5.